The van der Waals surface area contributed by atoms with Crippen molar-refractivity contribution >= 4 is 11.6 Å². The molecule has 0 saturated carbocycles. The van der Waals surface area contributed by atoms with Gasteiger partial charge in [-0.3, -0.25) is 0 Å². The highest BCUT2D eigenvalue weighted by molar-refractivity contribution is 6.30. The largest absolute Gasteiger partial charge is 0.333 e. The van der Waals surface area contributed by atoms with Gasteiger partial charge in [-0.15, -0.1) is 0 Å². The highest BCUT2D eigenvalue weighted by atomic mass is 35.5. The molecule has 0 bridgehead atoms. The van der Waals surface area contributed by atoms with Crippen LogP contribution in [0.4, 0.5) is 4.39 Å². The monoisotopic (exact) mass is 252 g/mol. The number of aromatic nitrogens is 2. The number of nitrogens with zero attached hydrogens (tertiary/aromatic N) is 2. The predicted octanol–water partition coefficient (Wildman–Crippen LogP) is 3.85. The summed E-state index contributed by atoms with van der Waals surface area (Å²) in [7, 11) is 0. The first kappa shape index (κ1) is 12.1. The fraction of sp³-hybridized carbons (Fsp3) is 0.308. The van der Waals surface area contributed by atoms with Crippen LogP contribution >= 0.6 is 11.6 Å². The lowest BCUT2D eigenvalue weighted by atomic mass is 10.1. The molecule has 0 radical (unpaired) electrons. The molecule has 2 nitrogen and oxygen atoms in total. The summed E-state index contributed by atoms with van der Waals surface area (Å²) < 4.78 is 15.6. The third kappa shape index (κ3) is 2.67. The number of imidazole rings is 1. The van der Waals surface area contributed by atoms with E-state index in [1.165, 1.54) is 0 Å². The molecular weight excluding hydrogens is 239 g/mol. The van der Waals surface area contributed by atoms with E-state index in [1.807, 2.05) is 10.8 Å². The van der Waals surface area contributed by atoms with Gasteiger partial charge in [0.2, 0.25) is 0 Å². The van der Waals surface area contributed by atoms with E-state index in [2.05, 4.69) is 18.8 Å². The number of halogens is 2. The first-order valence-corrected chi connectivity index (χ1v) is 5.90. The topological polar surface area (TPSA) is 17.8 Å². The first-order valence-electron chi connectivity index (χ1n) is 5.52. The van der Waals surface area contributed by atoms with Gasteiger partial charge in [0.1, 0.15) is 5.82 Å². The molecule has 1 aromatic heterocycles. The van der Waals surface area contributed by atoms with Crippen LogP contribution in [0.25, 0.3) is 0 Å². The first-order chi connectivity index (χ1) is 8.08. The Balaban J connectivity index is 2.22. The molecule has 0 aliphatic carbocycles. The minimum absolute atomic E-state index is 0.159. The van der Waals surface area contributed by atoms with Gasteiger partial charge >= 0.3 is 0 Å². The summed E-state index contributed by atoms with van der Waals surface area (Å²) in [6.07, 6.45) is 3.65. The summed E-state index contributed by atoms with van der Waals surface area (Å²) in [5.74, 6) is 0.0226. The Hall–Kier alpha value is -1.35. The quantitative estimate of drug-likeness (QED) is 0.811. The van der Waals surface area contributed by atoms with Crippen LogP contribution in [0.15, 0.2) is 30.7 Å². The van der Waals surface area contributed by atoms with Crippen LogP contribution < -0.4 is 0 Å². The molecule has 1 heterocycles. The number of hydrogen-bond donors (Lipinski definition) is 0. The average Bonchev–Trinajstić information content (AvgIpc) is 2.73. The van der Waals surface area contributed by atoms with Gasteiger partial charge in [0.25, 0.3) is 0 Å². The Morgan fingerprint density at radius 2 is 2.18 bits per heavy atom. The minimum Gasteiger partial charge on any atom is -0.333 e. The van der Waals surface area contributed by atoms with E-state index in [-0.39, 0.29) is 10.8 Å². The van der Waals surface area contributed by atoms with Gasteiger partial charge < -0.3 is 4.57 Å². The van der Waals surface area contributed by atoms with Gasteiger partial charge in [-0.1, -0.05) is 37.6 Å². The lowest BCUT2D eigenvalue weighted by molar-refractivity contribution is 0.599. The van der Waals surface area contributed by atoms with E-state index < -0.39 is 0 Å². The van der Waals surface area contributed by atoms with Gasteiger partial charge in [-0.25, -0.2) is 9.37 Å². The third-order valence-electron chi connectivity index (χ3n) is 2.63. The Bertz CT molecular complexity index is 520. The van der Waals surface area contributed by atoms with Crippen molar-refractivity contribution in [3.05, 3.63) is 52.8 Å². The fourth-order valence-electron chi connectivity index (χ4n) is 1.63. The normalized spacial score (nSPS) is 11.1. The van der Waals surface area contributed by atoms with Gasteiger partial charge in [0, 0.05) is 11.8 Å². The van der Waals surface area contributed by atoms with Gasteiger partial charge in [0.15, 0.2) is 0 Å². The van der Waals surface area contributed by atoms with Crippen molar-refractivity contribution in [1.29, 1.82) is 0 Å². The maximum Gasteiger partial charge on any atom is 0.146 e. The zero-order valence-electron chi connectivity index (χ0n) is 9.82. The van der Waals surface area contributed by atoms with Crippen LogP contribution in [0.5, 0.6) is 0 Å². The molecule has 0 aliphatic heterocycles. The van der Waals surface area contributed by atoms with Crippen LogP contribution in [0.1, 0.15) is 31.0 Å². The summed E-state index contributed by atoms with van der Waals surface area (Å²) in [5.41, 5.74) is 1.58. The second-order valence-electron chi connectivity index (χ2n) is 4.34. The van der Waals surface area contributed by atoms with Crippen LogP contribution in [-0.4, -0.2) is 9.55 Å². The number of hydrogen-bond acceptors (Lipinski definition) is 1. The molecule has 0 N–H and O–H groups in total. The second-order valence-corrected chi connectivity index (χ2v) is 4.75. The summed E-state index contributed by atoms with van der Waals surface area (Å²) in [4.78, 5) is 4.27. The van der Waals surface area contributed by atoms with Crippen LogP contribution in [0, 0.1) is 5.82 Å². The highest BCUT2D eigenvalue weighted by Gasteiger charge is 2.08. The molecule has 0 saturated heterocycles. The molecular formula is C13H14ClFN2. The molecule has 90 valence electrons. The second kappa shape index (κ2) is 4.88. The zero-order chi connectivity index (χ0) is 12.4. The molecule has 0 unspecified atom stereocenters. The van der Waals surface area contributed by atoms with E-state index in [1.54, 1.807) is 24.5 Å². The summed E-state index contributed by atoms with van der Waals surface area (Å²) in [5, 5.41) is 0.159. The molecule has 0 amide bonds. The smallest absolute Gasteiger partial charge is 0.146 e. The third-order valence-corrected chi connectivity index (χ3v) is 2.92. The Morgan fingerprint density at radius 1 is 1.41 bits per heavy atom. The van der Waals surface area contributed by atoms with E-state index in [0.29, 0.717) is 18.0 Å². The van der Waals surface area contributed by atoms with Crippen molar-refractivity contribution < 1.29 is 4.39 Å². The summed E-state index contributed by atoms with van der Waals surface area (Å²) >= 11 is 5.74. The van der Waals surface area contributed by atoms with Crippen molar-refractivity contribution in [2.24, 2.45) is 0 Å². The van der Waals surface area contributed by atoms with E-state index in [9.17, 15) is 4.39 Å². The zero-order valence-corrected chi connectivity index (χ0v) is 10.6. The van der Waals surface area contributed by atoms with Crippen molar-refractivity contribution in [1.82, 2.24) is 9.55 Å². The van der Waals surface area contributed by atoms with Crippen molar-refractivity contribution in [3.63, 3.8) is 0 Å². The maximum atomic E-state index is 13.7. The minimum atomic E-state index is -0.353. The predicted molar refractivity (Wildman–Crippen MR) is 66.8 cm³/mol. The Kier molecular flexibility index (Phi) is 3.48. The average molecular weight is 253 g/mol. The van der Waals surface area contributed by atoms with Crippen LogP contribution in [0.2, 0.25) is 5.02 Å². The maximum absolute atomic E-state index is 13.7. The van der Waals surface area contributed by atoms with Crippen LogP contribution in [-0.2, 0) is 6.54 Å². The Labute approximate surface area is 105 Å². The van der Waals surface area contributed by atoms with Crippen LogP contribution in [0.3, 0.4) is 0 Å². The van der Waals surface area contributed by atoms with E-state index in [4.69, 9.17) is 11.6 Å². The van der Waals surface area contributed by atoms with E-state index >= 15 is 0 Å². The van der Waals surface area contributed by atoms with Crippen molar-refractivity contribution in [2.45, 2.75) is 26.3 Å². The lowest BCUT2D eigenvalue weighted by Gasteiger charge is -2.05. The molecule has 17 heavy (non-hydrogen) atoms. The Morgan fingerprint density at radius 3 is 2.82 bits per heavy atom. The SMILES string of the molecule is CC(C)c1cn(Cc2cccc(Cl)c2F)cn1. The summed E-state index contributed by atoms with van der Waals surface area (Å²) in [6, 6.07) is 5.03. The molecule has 0 spiro atoms. The van der Waals surface area contributed by atoms with Gasteiger partial charge in [-0.2, -0.15) is 0 Å². The highest BCUT2D eigenvalue weighted by Crippen LogP contribution is 2.19. The fourth-order valence-corrected chi connectivity index (χ4v) is 1.82. The molecule has 0 fully saturated rings. The van der Waals surface area contributed by atoms with Crippen molar-refractivity contribution in [2.75, 3.05) is 0 Å². The molecule has 4 heteroatoms. The van der Waals surface area contributed by atoms with Crippen molar-refractivity contribution in [3.8, 4) is 0 Å². The van der Waals surface area contributed by atoms with E-state index in [0.717, 1.165) is 5.69 Å². The molecule has 0 atom stereocenters. The molecule has 0 aliphatic rings. The lowest BCUT2D eigenvalue weighted by Crippen LogP contribution is -1.99. The molecule has 1 aromatic carbocycles. The number of benzene rings is 1. The summed E-state index contributed by atoms with van der Waals surface area (Å²) in [6.45, 7) is 4.60. The van der Waals surface area contributed by atoms with Gasteiger partial charge in [-0.05, 0) is 12.0 Å². The van der Waals surface area contributed by atoms with Gasteiger partial charge in [0.05, 0.1) is 23.6 Å². The molecule has 2 rings (SSSR count). The molecule has 2 aromatic rings. The number of rotatable bonds is 3. The standard InChI is InChI=1S/C13H14ClFN2/c1-9(2)12-7-17(8-16-12)6-10-4-3-5-11(14)13(10)15/h3-5,7-9H,6H2,1-2H3.